The van der Waals surface area contributed by atoms with Crippen LogP contribution >= 0.6 is 0 Å². The van der Waals surface area contributed by atoms with Crippen LogP contribution in [0, 0.1) is 52.3 Å². The molecule has 4 heteroatoms. The average Bonchev–Trinajstić information content (AvgIpc) is 3.17. The molecular formula is C30H56O3Si. The number of hydrogen-bond donors (Lipinski definition) is 0. The molecule has 4 fully saturated rings. The van der Waals surface area contributed by atoms with Gasteiger partial charge in [-0.05, 0) is 110 Å². The molecule has 34 heavy (non-hydrogen) atoms. The SMILES string of the molecule is CO[Si](OC)(OC)C1CC[C@@]2(C)C(CC[C@H]3[C@@H]4CC[C@H]([C@H](C)CCCC(C)C)[C@@]4(C)CC[C@@H]32)C1. The normalized spacial score (nSPS) is 43.3. The summed E-state index contributed by atoms with van der Waals surface area (Å²) >= 11 is 0. The molecule has 0 amide bonds. The molecule has 0 aromatic rings. The van der Waals surface area contributed by atoms with Crippen molar-refractivity contribution in [2.24, 2.45) is 52.3 Å². The Labute approximate surface area is 212 Å². The summed E-state index contributed by atoms with van der Waals surface area (Å²) in [5.41, 5.74) is 1.58. The third-order valence-corrected chi connectivity index (χ3v) is 15.5. The second-order valence-corrected chi connectivity index (χ2v) is 17.1. The number of fused-ring (bicyclic) bond motifs is 5. The second kappa shape index (κ2) is 10.5. The molecule has 0 radical (unpaired) electrons. The van der Waals surface area contributed by atoms with E-state index in [4.69, 9.17) is 13.3 Å². The average molecular weight is 493 g/mol. The van der Waals surface area contributed by atoms with E-state index >= 15 is 0 Å². The van der Waals surface area contributed by atoms with Crippen LogP contribution in [0.1, 0.15) is 112 Å². The largest absolute Gasteiger partial charge is 0.503 e. The van der Waals surface area contributed by atoms with E-state index in [0.29, 0.717) is 16.4 Å². The molecule has 0 saturated heterocycles. The lowest BCUT2D eigenvalue weighted by molar-refractivity contribution is -0.117. The van der Waals surface area contributed by atoms with E-state index in [9.17, 15) is 0 Å². The highest BCUT2D eigenvalue weighted by Crippen LogP contribution is 2.69. The second-order valence-electron chi connectivity index (χ2n) is 13.9. The Hall–Kier alpha value is 0.0969. The van der Waals surface area contributed by atoms with Crippen LogP contribution in [-0.2, 0) is 13.3 Å². The van der Waals surface area contributed by atoms with Crippen molar-refractivity contribution in [3.8, 4) is 0 Å². The minimum atomic E-state index is -2.54. The first kappa shape index (κ1) is 27.1. The fraction of sp³-hybridized carbons (Fsp3) is 1.00. The molecule has 0 aromatic heterocycles. The Morgan fingerprint density at radius 2 is 1.41 bits per heavy atom. The van der Waals surface area contributed by atoms with Crippen molar-refractivity contribution in [3.63, 3.8) is 0 Å². The Bertz CT molecular complexity index is 670. The summed E-state index contributed by atoms with van der Waals surface area (Å²) in [5.74, 6) is 6.42. The predicted octanol–water partition coefficient (Wildman–Crippen LogP) is 8.36. The van der Waals surface area contributed by atoms with Gasteiger partial charge in [0.1, 0.15) is 0 Å². The van der Waals surface area contributed by atoms with Crippen LogP contribution in [0.15, 0.2) is 0 Å². The maximum Gasteiger partial charge on any atom is 0.503 e. The van der Waals surface area contributed by atoms with Crippen molar-refractivity contribution in [1.82, 2.24) is 0 Å². The summed E-state index contributed by atoms with van der Waals surface area (Å²) in [6, 6.07) is 0. The monoisotopic (exact) mass is 492 g/mol. The first-order chi connectivity index (χ1) is 16.1. The zero-order valence-corrected chi connectivity index (χ0v) is 24.8. The van der Waals surface area contributed by atoms with Gasteiger partial charge in [0, 0.05) is 26.9 Å². The van der Waals surface area contributed by atoms with Gasteiger partial charge in [0.2, 0.25) is 0 Å². The summed E-state index contributed by atoms with van der Waals surface area (Å²) in [4.78, 5) is 0. The van der Waals surface area contributed by atoms with Gasteiger partial charge in [-0.25, -0.2) is 0 Å². The van der Waals surface area contributed by atoms with Gasteiger partial charge >= 0.3 is 8.80 Å². The van der Waals surface area contributed by atoms with Crippen molar-refractivity contribution < 1.29 is 13.3 Å². The Morgan fingerprint density at radius 3 is 2.06 bits per heavy atom. The van der Waals surface area contributed by atoms with Crippen molar-refractivity contribution in [2.45, 2.75) is 117 Å². The van der Waals surface area contributed by atoms with Gasteiger partial charge in [-0.15, -0.1) is 0 Å². The lowest BCUT2D eigenvalue weighted by Crippen LogP contribution is -2.56. The van der Waals surface area contributed by atoms with Gasteiger partial charge in [-0.2, -0.15) is 0 Å². The first-order valence-electron chi connectivity index (χ1n) is 14.8. The van der Waals surface area contributed by atoms with Crippen LogP contribution in [-0.4, -0.2) is 30.1 Å². The van der Waals surface area contributed by atoms with Crippen LogP contribution in [0.5, 0.6) is 0 Å². The maximum atomic E-state index is 5.93. The fourth-order valence-corrected chi connectivity index (χ4v) is 12.9. The predicted molar refractivity (Wildman–Crippen MR) is 144 cm³/mol. The minimum absolute atomic E-state index is 0.471. The van der Waals surface area contributed by atoms with Gasteiger partial charge in [0.15, 0.2) is 0 Å². The summed E-state index contributed by atoms with van der Waals surface area (Å²) in [6.07, 6.45) is 16.9. The van der Waals surface area contributed by atoms with Crippen molar-refractivity contribution in [3.05, 3.63) is 0 Å². The van der Waals surface area contributed by atoms with Crippen LogP contribution < -0.4 is 0 Å². The third-order valence-electron chi connectivity index (χ3n) is 12.2. The van der Waals surface area contributed by atoms with Crippen molar-refractivity contribution in [2.75, 3.05) is 21.3 Å². The van der Waals surface area contributed by atoms with Crippen LogP contribution in [0.4, 0.5) is 0 Å². The molecule has 0 bridgehead atoms. The zero-order valence-electron chi connectivity index (χ0n) is 23.8. The maximum absolute atomic E-state index is 5.93. The molecule has 0 N–H and O–H groups in total. The molecule has 4 rings (SSSR count). The standard InChI is InChI=1S/C30H56O3Si/c1-21(2)10-9-11-22(3)26-14-15-27-25-13-12-23-20-24(34(31-6,32-7)33-8)16-18-29(23,4)28(25)17-19-30(26,27)5/h21-28H,9-20H2,1-8H3/t22-,23?,24?,25+,26-,27+,28+,29+,30-/m1/s1. The highest BCUT2D eigenvalue weighted by molar-refractivity contribution is 6.62. The lowest BCUT2D eigenvalue weighted by Gasteiger charge is -2.62. The molecule has 0 spiro atoms. The van der Waals surface area contributed by atoms with Gasteiger partial charge in [-0.3, -0.25) is 0 Å². The Morgan fingerprint density at radius 1 is 0.765 bits per heavy atom. The molecule has 4 aliphatic rings. The molecular weight excluding hydrogens is 436 g/mol. The third kappa shape index (κ3) is 4.49. The molecule has 198 valence electrons. The molecule has 2 unspecified atom stereocenters. The molecule has 0 aromatic carbocycles. The fourth-order valence-electron chi connectivity index (χ4n) is 10.4. The summed E-state index contributed by atoms with van der Waals surface area (Å²) in [7, 11) is 2.85. The van der Waals surface area contributed by atoms with E-state index in [1.54, 1.807) is 21.3 Å². The number of hydrogen-bond acceptors (Lipinski definition) is 3. The molecule has 4 saturated carbocycles. The van der Waals surface area contributed by atoms with Gasteiger partial charge in [0.05, 0.1) is 0 Å². The topological polar surface area (TPSA) is 27.7 Å². The highest BCUT2D eigenvalue weighted by atomic mass is 28.4. The Balaban J connectivity index is 1.45. The van der Waals surface area contributed by atoms with E-state index in [0.717, 1.165) is 41.4 Å². The molecule has 0 aliphatic heterocycles. The Kier molecular flexibility index (Phi) is 8.35. The summed E-state index contributed by atoms with van der Waals surface area (Å²) < 4.78 is 17.8. The van der Waals surface area contributed by atoms with Gasteiger partial charge in [-0.1, -0.05) is 53.9 Å². The van der Waals surface area contributed by atoms with Gasteiger partial charge < -0.3 is 13.3 Å². The lowest BCUT2D eigenvalue weighted by atomic mass is 9.44. The molecule has 4 aliphatic carbocycles. The summed E-state index contributed by atoms with van der Waals surface area (Å²) in [5, 5.41) is 0. The van der Waals surface area contributed by atoms with E-state index in [-0.39, 0.29) is 0 Å². The van der Waals surface area contributed by atoms with Crippen LogP contribution in [0.2, 0.25) is 5.54 Å². The van der Waals surface area contributed by atoms with E-state index in [1.807, 2.05) is 0 Å². The van der Waals surface area contributed by atoms with E-state index < -0.39 is 8.80 Å². The quantitative estimate of drug-likeness (QED) is 0.303. The molecule has 0 heterocycles. The summed E-state index contributed by atoms with van der Waals surface area (Å²) in [6.45, 7) is 12.8. The van der Waals surface area contributed by atoms with E-state index in [2.05, 4.69) is 34.6 Å². The smallest absolute Gasteiger partial charge is 0.377 e. The molecule has 3 nitrogen and oxygen atoms in total. The minimum Gasteiger partial charge on any atom is -0.377 e. The highest BCUT2D eigenvalue weighted by Gasteiger charge is 2.62. The zero-order chi connectivity index (χ0) is 24.7. The van der Waals surface area contributed by atoms with Crippen molar-refractivity contribution in [1.29, 1.82) is 0 Å². The van der Waals surface area contributed by atoms with E-state index in [1.165, 1.54) is 77.0 Å². The molecule has 9 atom stereocenters. The number of rotatable bonds is 9. The van der Waals surface area contributed by atoms with Gasteiger partial charge in [0.25, 0.3) is 0 Å². The van der Waals surface area contributed by atoms with Crippen LogP contribution in [0.3, 0.4) is 0 Å². The van der Waals surface area contributed by atoms with Crippen LogP contribution in [0.25, 0.3) is 0 Å². The first-order valence-corrected chi connectivity index (χ1v) is 16.6. The van der Waals surface area contributed by atoms with Crippen molar-refractivity contribution >= 4 is 8.80 Å².